The number of carbonyl (C=O) groups is 1. The number of hydrogen-bond acceptors (Lipinski definition) is 5. The SMILES string of the molecule is COC(=O)/C=C/c1ccc2c(c1)CCC2N(CCc1c[nH]c2ccccc12)Cc1ccc(NS(=O)(=O)N(C)C)cc1. The minimum absolute atomic E-state index is 0.251. The molecule has 1 heterocycles. The summed E-state index contributed by atoms with van der Waals surface area (Å²) in [6.45, 7) is 1.60. The fourth-order valence-electron chi connectivity index (χ4n) is 5.43. The molecule has 0 saturated heterocycles. The Morgan fingerprint density at radius 2 is 1.88 bits per heavy atom. The zero-order valence-corrected chi connectivity index (χ0v) is 24.4. The van der Waals surface area contributed by atoms with E-state index in [0.717, 1.165) is 53.3 Å². The monoisotopic (exact) mass is 572 g/mol. The average molecular weight is 573 g/mol. The molecule has 41 heavy (non-hydrogen) atoms. The van der Waals surface area contributed by atoms with E-state index in [9.17, 15) is 13.2 Å². The van der Waals surface area contributed by atoms with Crippen molar-refractivity contribution in [1.82, 2.24) is 14.2 Å². The molecule has 0 saturated carbocycles. The van der Waals surface area contributed by atoms with Crippen molar-refractivity contribution >= 4 is 38.8 Å². The summed E-state index contributed by atoms with van der Waals surface area (Å²) in [6.07, 6.45) is 8.22. The fraction of sp³-hybridized carbons (Fsp3) is 0.281. The quantitative estimate of drug-likeness (QED) is 0.188. The first-order valence-electron chi connectivity index (χ1n) is 13.7. The predicted octanol–water partition coefficient (Wildman–Crippen LogP) is 5.30. The number of anilines is 1. The molecule has 5 rings (SSSR count). The third kappa shape index (κ3) is 6.70. The van der Waals surface area contributed by atoms with Crippen molar-refractivity contribution in [2.45, 2.75) is 31.8 Å². The maximum atomic E-state index is 12.2. The van der Waals surface area contributed by atoms with E-state index in [4.69, 9.17) is 4.74 Å². The molecule has 3 aromatic carbocycles. The summed E-state index contributed by atoms with van der Waals surface area (Å²) >= 11 is 0. The topological polar surface area (TPSA) is 94.7 Å². The van der Waals surface area contributed by atoms with E-state index in [1.165, 1.54) is 49.4 Å². The van der Waals surface area contributed by atoms with Gasteiger partial charge in [-0.2, -0.15) is 12.7 Å². The number of esters is 1. The molecule has 0 spiro atoms. The maximum Gasteiger partial charge on any atom is 0.330 e. The van der Waals surface area contributed by atoms with Gasteiger partial charge in [-0.15, -0.1) is 0 Å². The normalized spacial score (nSPS) is 15.2. The van der Waals surface area contributed by atoms with Crippen molar-refractivity contribution < 1.29 is 17.9 Å². The van der Waals surface area contributed by atoms with Crippen LogP contribution in [0, 0.1) is 0 Å². The summed E-state index contributed by atoms with van der Waals surface area (Å²) < 4.78 is 32.9. The van der Waals surface area contributed by atoms with Gasteiger partial charge in [-0.25, -0.2) is 4.79 Å². The van der Waals surface area contributed by atoms with Crippen LogP contribution < -0.4 is 4.72 Å². The van der Waals surface area contributed by atoms with E-state index >= 15 is 0 Å². The highest BCUT2D eigenvalue weighted by Gasteiger charge is 2.28. The molecule has 0 amide bonds. The Balaban J connectivity index is 1.38. The summed E-state index contributed by atoms with van der Waals surface area (Å²) in [5.41, 5.74) is 7.68. The van der Waals surface area contributed by atoms with Crippen LogP contribution in [0.1, 0.15) is 40.3 Å². The minimum atomic E-state index is -3.56. The van der Waals surface area contributed by atoms with E-state index < -0.39 is 10.2 Å². The van der Waals surface area contributed by atoms with Crippen LogP contribution in [-0.2, 0) is 39.1 Å². The number of para-hydroxylation sites is 1. The average Bonchev–Trinajstić information content (AvgIpc) is 3.58. The lowest BCUT2D eigenvalue weighted by molar-refractivity contribution is -0.134. The summed E-state index contributed by atoms with van der Waals surface area (Å²) in [5.74, 6) is -0.368. The zero-order chi connectivity index (χ0) is 29.0. The highest BCUT2D eigenvalue weighted by molar-refractivity contribution is 7.90. The Labute approximate surface area is 241 Å². The van der Waals surface area contributed by atoms with Gasteiger partial charge in [0, 0.05) is 62.1 Å². The minimum Gasteiger partial charge on any atom is -0.466 e. The summed E-state index contributed by atoms with van der Waals surface area (Å²) in [7, 11) is 0.816. The Bertz CT molecular complexity index is 1660. The summed E-state index contributed by atoms with van der Waals surface area (Å²) in [6, 6.07) is 22.6. The second kappa shape index (κ2) is 12.3. The van der Waals surface area contributed by atoms with Crippen LogP contribution in [0.2, 0.25) is 0 Å². The second-order valence-electron chi connectivity index (χ2n) is 10.5. The molecule has 4 aromatic rings. The number of fused-ring (bicyclic) bond motifs is 2. The number of aromatic nitrogens is 1. The largest absolute Gasteiger partial charge is 0.466 e. The van der Waals surface area contributed by atoms with Gasteiger partial charge in [-0.1, -0.05) is 48.5 Å². The van der Waals surface area contributed by atoms with Gasteiger partial charge >= 0.3 is 16.2 Å². The number of hydrogen-bond donors (Lipinski definition) is 2. The molecule has 1 atom stereocenters. The van der Waals surface area contributed by atoms with Crippen LogP contribution in [0.15, 0.2) is 79.0 Å². The van der Waals surface area contributed by atoms with Gasteiger partial charge in [0.2, 0.25) is 0 Å². The first kappa shape index (κ1) is 28.6. The Hall–Kier alpha value is -3.92. The van der Waals surface area contributed by atoms with Gasteiger partial charge < -0.3 is 9.72 Å². The Morgan fingerprint density at radius 3 is 2.63 bits per heavy atom. The lowest BCUT2D eigenvalue weighted by atomic mass is 10.0. The first-order chi connectivity index (χ1) is 19.7. The smallest absolute Gasteiger partial charge is 0.330 e. The number of benzene rings is 3. The third-order valence-corrected chi connectivity index (χ3v) is 9.13. The van der Waals surface area contributed by atoms with Crippen LogP contribution in [0.5, 0.6) is 0 Å². The third-order valence-electron chi connectivity index (χ3n) is 7.68. The standard InChI is InChI=1S/C32H36N4O4S/c1-35(2)41(38,39)34-27-13-8-24(9-14-27)22-36(19-18-26-21-33-30-7-5-4-6-28(26)30)31-16-12-25-20-23(10-15-29(25)31)11-17-32(37)40-3/h4-11,13-15,17,20-21,31,33-34H,12,16,18-19,22H2,1-3H3/b17-11+. The number of rotatable bonds is 11. The molecular formula is C32H36N4O4S. The molecule has 1 aromatic heterocycles. The van der Waals surface area contributed by atoms with Crippen molar-refractivity contribution in [3.05, 3.63) is 107 Å². The van der Waals surface area contributed by atoms with E-state index in [1.54, 1.807) is 6.08 Å². The number of aryl methyl sites for hydroxylation is 1. The van der Waals surface area contributed by atoms with Crippen molar-refractivity contribution in [3.8, 4) is 0 Å². The number of methoxy groups -OCH3 is 1. The van der Waals surface area contributed by atoms with Crippen LogP contribution in [0.3, 0.4) is 0 Å². The van der Waals surface area contributed by atoms with Crippen LogP contribution in [0.25, 0.3) is 17.0 Å². The summed E-state index contributed by atoms with van der Waals surface area (Å²) in [5, 5.41) is 1.25. The van der Waals surface area contributed by atoms with Crippen LogP contribution >= 0.6 is 0 Å². The highest BCUT2D eigenvalue weighted by Crippen LogP contribution is 2.37. The molecule has 0 bridgehead atoms. The van der Waals surface area contributed by atoms with Gasteiger partial charge in [0.1, 0.15) is 0 Å². The Morgan fingerprint density at radius 1 is 1.10 bits per heavy atom. The van der Waals surface area contributed by atoms with Gasteiger partial charge in [0.05, 0.1) is 7.11 Å². The number of H-pyrrole nitrogens is 1. The molecular weight excluding hydrogens is 536 g/mol. The number of nitrogens with zero attached hydrogens (tertiary/aromatic N) is 2. The van der Waals surface area contributed by atoms with Crippen molar-refractivity contribution in [1.29, 1.82) is 0 Å². The molecule has 0 radical (unpaired) electrons. The maximum absolute atomic E-state index is 12.2. The van der Waals surface area contributed by atoms with Gasteiger partial charge in [-0.3, -0.25) is 9.62 Å². The van der Waals surface area contributed by atoms with E-state index in [2.05, 4.69) is 57.2 Å². The Kier molecular flexibility index (Phi) is 8.58. The molecule has 8 nitrogen and oxygen atoms in total. The zero-order valence-electron chi connectivity index (χ0n) is 23.6. The molecule has 2 N–H and O–H groups in total. The van der Waals surface area contributed by atoms with Crippen molar-refractivity contribution in [2.24, 2.45) is 0 Å². The van der Waals surface area contributed by atoms with Crippen molar-refractivity contribution in [2.75, 3.05) is 32.5 Å². The fourth-order valence-corrected chi connectivity index (χ4v) is 6.05. The molecule has 9 heteroatoms. The van der Waals surface area contributed by atoms with Gasteiger partial charge in [-0.05, 0) is 71.4 Å². The molecule has 1 aliphatic carbocycles. The van der Waals surface area contributed by atoms with Crippen molar-refractivity contribution in [3.63, 3.8) is 0 Å². The molecule has 1 unspecified atom stereocenters. The summed E-state index contributed by atoms with van der Waals surface area (Å²) in [4.78, 5) is 17.5. The van der Waals surface area contributed by atoms with Crippen LogP contribution in [-0.4, -0.2) is 56.3 Å². The van der Waals surface area contributed by atoms with E-state index in [0.29, 0.717) is 5.69 Å². The molecule has 0 aliphatic heterocycles. The molecule has 1 aliphatic rings. The highest BCUT2D eigenvalue weighted by atomic mass is 32.2. The van der Waals surface area contributed by atoms with E-state index in [1.807, 2.05) is 30.3 Å². The molecule has 0 fully saturated rings. The van der Waals surface area contributed by atoms with Crippen LogP contribution in [0.4, 0.5) is 5.69 Å². The van der Waals surface area contributed by atoms with Gasteiger partial charge in [0.25, 0.3) is 0 Å². The number of nitrogens with one attached hydrogen (secondary N) is 2. The van der Waals surface area contributed by atoms with Gasteiger partial charge in [0.15, 0.2) is 0 Å². The first-order valence-corrected chi connectivity index (χ1v) is 15.1. The van der Waals surface area contributed by atoms with E-state index in [-0.39, 0.29) is 12.0 Å². The number of carbonyl (C=O) groups excluding carboxylic acids is 1. The lowest BCUT2D eigenvalue weighted by Gasteiger charge is -2.30. The molecule has 214 valence electrons. The predicted molar refractivity (Wildman–Crippen MR) is 164 cm³/mol. The number of aromatic amines is 1. The number of ether oxygens (including phenoxy) is 1. The second-order valence-corrected chi connectivity index (χ2v) is 12.4. The lowest BCUT2D eigenvalue weighted by Crippen LogP contribution is -2.30.